The summed E-state index contributed by atoms with van der Waals surface area (Å²) < 4.78 is 5.04. The van der Waals surface area contributed by atoms with Gasteiger partial charge in [0.25, 0.3) is 0 Å². The summed E-state index contributed by atoms with van der Waals surface area (Å²) >= 11 is 0. The maximum Gasteiger partial charge on any atom is 0.164 e. The van der Waals surface area contributed by atoms with E-state index >= 15 is 0 Å². The third-order valence-electron chi connectivity index (χ3n) is 21.2. The minimum atomic E-state index is -0.772. The summed E-state index contributed by atoms with van der Waals surface area (Å²) in [5, 5.41) is 4.44. The molecule has 1 spiro atoms. The quantitative estimate of drug-likeness (QED) is 0.143. The standard InChI is InChI=1S/C92H56N8/c1-7-27-57(28-8-1)85-93-86(58-29-9-2-10-30-58)96-89(95-85)63-53-71-69-51-61(47-49-79(69)99-81-45-25-23-43-75(81)91(77(55-63)83(71)99,65-35-15-5-16-36-65)66-37-17-6-18-38-66)62-48-50-80-70(52-62)72-54-64(90-97-87(59-31-11-3-12-32-59)94-88(98-90)60-33-13-4-14-34-60)56-78-84(72)100(80)82-46-26-24-44-76(82)92(78)73-41-21-19-39-67(73)68-40-20-22-42-74(68)92/h1-56H. The minimum Gasteiger partial charge on any atom is -0.309 e. The first-order valence-electron chi connectivity index (χ1n) is 34.1. The Morgan fingerprint density at radius 1 is 0.200 bits per heavy atom. The smallest absolute Gasteiger partial charge is 0.164 e. The number of nitrogens with zero attached hydrogens (tertiary/aromatic N) is 8. The fourth-order valence-electron chi connectivity index (χ4n) is 17.1. The summed E-state index contributed by atoms with van der Waals surface area (Å²) in [6.45, 7) is 0. The first-order chi connectivity index (χ1) is 49.6. The zero-order valence-corrected chi connectivity index (χ0v) is 53.9. The number of para-hydroxylation sites is 2. The molecule has 4 aromatic heterocycles. The van der Waals surface area contributed by atoms with Gasteiger partial charge in [-0.25, -0.2) is 29.9 Å². The van der Waals surface area contributed by atoms with Crippen LogP contribution in [0.5, 0.6) is 0 Å². The third-order valence-corrected chi connectivity index (χ3v) is 21.2. The van der Waals surface area contributed by atoms with Crippen molar-refractivity contribution in [1.29, 1.82) is 0 Å². The Hall–Kier alpha value is -13.3. The lowest BCUT2D eigenvalue weighted by molar-refractivity contribution is 0.728. The van der Waals surface area contributed by atoms with Crippen molar-refractivity contribution in [3.63, 3.8) is 0 Å². The van der Waals surface area contributed by atoms with E-state index in [1.165, 1.54) is 38.9 Å². The lowest BCUT2D eigenvalue weighted by Crippen LogP contribution is -2.35. The van der Waals surface area contributed by atoms with Crippen molar-refractivity contribution >= 4 is 43.6 Å². The van der Waals surface area contributed by atoms with Gasteiger partial charge in [0.15, 0.2) is 34.9 Å². The van der Waals surface area contributed by atoms with Crippen molar-refractivity contribution in [3.8, 4) is 102 Å². The highest BCUT2D eigenvalue weighted by molar-refractivity contribution is 6.17. The largest absolute Gasteiger partial charge is 0.309 e. The van der Waals surface area contributed by atoms with E-state index in [0.717, 1.165) is 116 Å². The van der Waals surface area contributed by atoms with E-state index in [1.54, 1.807) is 0 Å². The molecule has 8 nitrogen and oxygen atoms in total. The molecular formula is C92H56N8. The summed E-state index contributed by atoms with van der Waals surface area (Å²) in [5.41, 5.74) is 25.0. The number of rotatable bonds is 9. The molecule has 6 heterocycles. The fourth-order valence-corrected chi connectivity index (χ4v) is 17.1. The van der Waals surface area contributed by atoms with Crippen LogP contribution in [0.2, 0.25) is 0 Å². The van der Waals surface area contributed by atoms with Gasteiger partial charge in [-0.2, -0.15) is 0 Å². The van der Waals surface area contributed by atoms with Gasteiger partial charge in [-0.1, -0.05) is 279 Å². The van der Waals surface area contributed by atoms with E-state index in [2.05, 4.69) is 276 Å². The number of benzene rings is 14. The predicted octanol–water partition coefficient (Wildman–Crippen LogP) is 21.3. The van der Waals surface area contributed by atoms with Crippen LogP contribution in [0.4, 0.5) is 0 Å². The second-order valence-electron chi connectivity index (χ2n) is 26.4. The molecule has 18 aromatic rings. The van der Waals surface area contributed by atoms with Crippen LogP contribution in [-0.4, -0.2) is 39.0 Å². The highest BCUT2D eigenvalue weighted by Crippen LogP contribution is 2.62. The van der Waals surface area contributed by atoms with Crippen molar-refractivity contribution in [3.05, 3.63) is 384 Å². The summed E-state index contributed by atoms with van der Waals surface area (Å²) in [6, 6.07) is 123. The van der Waals surface area contributed by atoms with Crippen LogP contribution >= 0.6 is 0 Å². The highest BCUT2D eigenvalue weighted by Gasteiger charge is 2.51. The molecule has 3 aliphatic rings. The fraction of sp³-hybridized carbons (Fsp3) is 0.0217. The SMILES string of the molecule is c1ccc(-c2nc(-c3ccccc3)nc(-c3cc4c5c(c3)c3cc(-c6ccc7c(c6)c6cc(-c8nc(-c9ccccc9)nc(-c9ccccc9)n8)cc8c6n7-c6ccccc6C86c7ccccc7-c7ccccc76)ccc3n5-c3ccccc3C4(c3ccccc3)c3ccccc3)n2)cc1. The van der Waals surface area contributed by atoms with E-state index in [4.69, 9.17) is 29.9 Å². The van der Waals surface area contributed by atoms with Gasteiger partial charge in [0.2, 0.25) is 0 Å². The molecule has 2 aliphatic heterocycles. The van der Waals surface area contributed by atoms with Crippen molar-refractivity contribution in [2.45, 2.75) is 10.8 Å². The molecule has 0 unspecified atom stereocenters. The maximum atomic E-state index is 5.45. The molecule has 21 rings (SSSR count). The van der Waals surface area contributed by atoms with Crippen LogP contribution in [0.3, 0.4) is 0 Å². The van der Waals surface area contributed by atoms with Gasteiger partial charge in [0, 0.05) is 54.9 Å². The molecule has 0 amide bonds. The van der Waals surface area contributed by atoms with Crippen molar-refractivity contribution in [2.75, 3.05) is 0 Å². The lowest BCUT2D eigenvalue weighted by Gasteiger charge is -2.42. The van der Waals surface area contributed by atoms with E-state index in [-0.39, 0.29) is 0 Å². The van der Waals surface area contributed by atoms with Crippen LogP contribution < -0.4 is 0 Å². The predicted molar refractivity (Wildman–Crippen MR) is 403 cm³/mol. The van der Waals surface area contributed by atoms with Crippen molar-refractivity contribution in [1.82, 2.24) is 39.0 Å². The van der Waals surface area contributed by atoms with Crippen LogP contribution in [0, 0.1) is 0 Å². The van der Waals surface area contributed by atoms with Gasteiger partial charge in [0.05, 0.1) is 44.3 Å². The monoisotopic (exact) mass is 1270 g/mol. The summed E-state index contributed by atoms with van der Waals surface area (Å²) in [7, 11) is 0. The van der Waals surface area contributed by atoms with Crippen molar-refractivity contribution < 1.29 is 0 Å². The zero-order chi connectivity index (χ0) is 65.6. The van der Waals surface area contributed by atoms with Gasteiger partial charge in [-0.3, -0.25) is 0 Å². The van der Waals surface area contributed by atoms with E-state index < -0.39 is 10.8 Å². The third kappa shape index (κ3) is 7.98. The average molecular weight is 1270 g/mol. The number of fused-ring (bicyclic) bond motifs is 17. The first kappa shape index (κ1) is 55.9. The van der Waals surface area contributed by atoms with E-state index in [1.807, 2.05) is 72.8 Å². The zero-order valence-electron chi connectivity index (χ0n) is 53.9. The first-order valence-corrected chi connectivity index (χ1v) is 34.1. The second kappa shape index (κ2) is 21.6. The van der Waals surface area contributed by atoms with Gasteiger partial charge < -0.3 is 9.13 Å². The molecule has 0 atom stereocenters. The Kier molecular flexibility index (Phi) is 12.1. The summed E-state index contributed by atoms with van der Waals surface area (Å²) in [5.74, 6) is 3.63. The molecule has 0 N–H and O–H groups in total. The number of hydrogen-bond donors (Lipinski definition) is 0. The molecule has 0 saturated heterocycles. The molecule has 0 radical (unpaired) electrons. The second-order valence-corrected chi connectivity index (χ2v) is 26.4. The van der Waals surface area contributed by atoms with Crippen LogP contribution in [-0.2, 0) is 10.8 Å². The van der Waals surface area contributed by atoms with Gasteiger partial charge in [0.1, 0.15) is 0 Å². The molecule has 8 heteroatoms. The molecule has 100 heavy (non-hydrogen) atoms. The Bertz CT molecular complexity index is 5880. The van der Waals surface area contributed by atoms with Gasteiger partial charge in [-0.05, 0) is 127 Å². The van der Waals surface area contributed by atoms with Crippen LogP contribution in [0.1, 0.15) is 44.5 Å². The molecule has 464 valence electrons. The molecule has 14 aromatic carbocycles. The number of aromatic nitrogens is 8. The Labute approximate surface area is 576 Å². The number of hydrogen-bond acceptors (Lipinski definition) is 6. The van der Waals surface area contributed by atoms with Crippen LogP contribution in [0.15, 0.2) is 340 Å². The maximum absolute atomic E-state index is 5.45. The molecular weight excluding hydrogens is 1220 g/mol. The molecule has 0 saturated carbocycles. The minimum absolute atomic E-state index is 0.590. The van der Waals surface area contributed by atoms with E-state index in [0.29, 0.717) is 34.9 Å². The Morgan fingerprint density at radius 3 is 0.870 bits per heavy atom. The molecule has 1 aliphatic carbocycles. The Morgan fingerprint density at radius 2 is 0.490 bits per heavy atom. The Balaban J connectivity index is 0.850. The van der Waals surface area contributed by atoms with Gasteiger partial charge >= 0.3 is 0 Å². The van der Waals surface area contributed by atoms with E-state index in [9.17, 15) is 0 Å². The summed E-state index contributed by atoms with van der Waals surface area (Å²) in [6.07, 6.45) is 0. The highest BCUT2D eigenvalue weighted by atomic mass is 15.1. The molecule has 0 fully saturated rings. The average Bonchev–Trinajstić information content (AvgIpc) is 1.47. The van der Waals surface area contributed by atoms with Gasteiger partial charge in [-0.15, -0.1) is 0 Å². The lowest BCUT2D eigenvalue weighted by atomic mass is 9.63. The van der Waals surface area contributed by atoms with Crippen LogP contribution in [0.25, 0.3) is 146 Å². The normalized spacial score (nSPS) is 13.4. The topological polar surface area (TPSA) is 87.2 Å². The molecule has 0 bridgehead atoms. The summed E-state index contributed by atoms with van der Waals surface area (Å²) in [4.78, 5) is 32.2. The van der Waals surface area contributed by atoms with Crippen molar-refractivity contribution in [2.24, 2.45) is 0 Å².